The number of likely N-dealkylation sites (tertiary alicyclic amines) is 1. The van der Waals surface area contributed by atoms with Crippen LogP contribution in [0.5, 0.6) is 0 Å². The summed E-state index contributed by atoms with van der Waals surface area (Å²) in [7, 11) is 0. The van der Waals surface area contributed by atoms with Crippen molar-refractivity contribution in [2.45, 2.75) is 44.2 Å². The van der Waals surface area contributed by atoms with Gasteiger partial charge in [0.1, 0.15) is 5.60 Å². The summed E-state index contributed by atoms with van der Waals surface area (Å²) in [5, 5.41) is 20.2. The highest BCUT2D eigenvalue weighted by Crippen LogP contribution is 2.42. The Kier molecular flexibility index (Phi) is 3.84. The molecule has 1 aliphatic heterocycles. The van der Waals surface area contributed by atoms with Gasteiger partial charge in [0.15, 0.2) is 0 Å². The molecule has 1 aliphatic carbocycles. The molecule has 2 aliphatic rings. The van der Waals surface area contributed by atoms with Crippen molar-refractivity contribution in [2.24, 2.45) is 5.92 Å². The summed E-state index contributed by atoms with van der Waals surface area (Å²) in [6, 6.07) is 7.80. The van der Waals surface area contributed by atoms with Gasteiger partial charge < -0.3 is 15.1 Å². The van der Waals surface area contributed by atoms with E-state index in [0.29, 0.717) is 19.4 Å². The van der Waals surface area contributed by atoms with E-state index in [-0.39, 0.29) is 12.0 Å². The van der Waals surface area contributed by atoms with Crippen molar-refractivity contribution < 1.29 is 15.0 Å². The maximum Gasteiger partial charge on any atom is 0.407 e. The van der Waals surface area contributed by atoms with E-state index in [1.807, 2.05) is 31.2 Å². The fraction of sp³-hybridized carbons (Fsp3) is 0.500. The molecule has 4 nitrogen and oxygen atoms in total. The number of hydrogen-bond donors (Lipinski definition) is 2. The van der Waals surface area contributed by atoms with Crippen molar-refractivity contribution in [1.82, 2.24) is 4.90 Å². The number of aryl methyl sites for hydroxylation is 1. The minimum absolute atomic E-state index is 0.0744. The van der Waals surface area contributed by atoms with E-state index in [1.54, 1.807) is 0 Å². The lowest BCUT2D eigenvalue weighted by Gasteiger charge is -2.39. The van der Waals surface area contributed by atoms with Crippen LogP contribution in [0, 0.1) is 24.7 Å². The van der Waals surface area contributed by atoms with E-state index in [2.05, 4.69) is 11.8 Å². The molecule has 4 heteroatoms. The minimum atomic E-state index is -1.07. The van der Waals surface area contributed by atoms with E-state index in [9.17, 15) is 15.0 Å². The highest BCUT2D eigenvalue weighted by molar-refractivity contribution is 5.66. The lowest BCUT2D eigenvalue weighted by atomic mass is 9.73. The first kappa shape index (κ1) is 14.9. The van der Waals surface area contributed by atoms with Crippen molar-refractivity contribution in [3.05, 3.63) is 35.4 Å². The smallest absolute Gasteiger partial charge is 0.407 e. The van der Waals surface area contributed by atoms with Crippen LogP contribution in [0.2, 0.25) is 0 Å². The first-order chi connectivity index (χ1) is 10.5. The van der Waals surface area contributed by atoms with E-state index in [0.717, 1.165) is 24.0 Å². The molecule has 2 N–H and O–H groups in total. The second-order valence-corrected chi connectivity index (χ2v) is 6.37. The van der Waals surface area contributed by atoms with Crippen LogP contribution in [-0.2, 0) is 0 Å². The van der Waals surface area contributed by atoms with Gasteiger partial charge in [0.2, 0.25) is 0 Å². The summed E-state index contributed by atoms with van der Waals surface area (Å²) in [5.74, 6) is 6.07. The van der Waals surface area contributed by atoms with Gasteiger partial charge in [-0.2, -0.15) is 0 Å². The number of amides is 1. The van der Waals surface area contributed by atoms with Gasteiger partial charge in [0.05, 0.1) is 0 Å². The summed E-state index contributed by atoms with van der Waals surface area (Å²) < 4.78 is 0. The van der Waals surface area contributed by atoms with Crippen LogP contribution in [0.1, 0.15) is 36.8 Å². The van der Waals surface area contributed by atoms with Crippen LogP contribution in [0.4, 0.5) is 4.79 Å². The Bertz CT molecular complexity index is 645. The molecule has 1 heterocycles. The second kappa shape index (κ2) is 5.66. The summed E-state index contributed by atoms with van der Waals surface area (Å²) in [6.45, 7) is 2.51. The van der Waals surface area contributed by atoms with Gasteiger partial charge in [-0.1, -0.05) is 24.0 Å². The topological polar surface area (TPSA) is 60.8 Å². The predicted octanol–water partition coefficient (Wildman–Crippen LogP) is 2.63. The van der Waals surface area contributed by atoms with Crippen molar-refractivity contribution in [3.63, 3.8) is 0 Å². The second-order valence-electron chi connectivity index (χ2n) is 6.37. The molecule has 1 amide bonds. The van der Waals surface area contributed by atoms with Crippen molar-refractivity contribution >= 4 is 6.09 Å². The summed E-state index contributed by atoms with van der Waals surface area (Å²) >= 11 is 0. The maximum absolute atomic E-state index is 11.3. The van der Waals surface area contributed by atoms with E-state index in [4.69, 9.17) is 0 Å². The van der Waals surface area contributed by atoms with Crippen LogP contribution < -0.4 is 0 Å². The molecule has 1 saturated carbocycles. The number of rotatable bonds is 0. The summed E-state index contributed by atoms with van der Waals surface area (Å²) in [5.41, 5.74) is 0.957. The van der Waals surface area contributed by atoms with Crippen molar-refractivity contribution in [2.75, 3.05) is 6.54 Å². The van der Waals surface area contributed by atoms with Crippen LogP contribution in [0.3, 0.4) is 0 Å². The highest BCUT2D eigenvalue weighted by atomic mass is 16.4. The minimum Gasteiger partial charge on any atom is -0.465 e. The average molecular weight is 299 g/mol. The van der Waals surface area contributed by atoms with Crippen LogP contribution in [-0.4, -0.2) is 39.4 Å². The monoisotopic (exact) mass is 299 g/mol. The molecule has 22 heavy (non-hydrogen) atoms. The molecule has 0 unspecified atom stereocenters. The van der Waals surface area contributed by atoms with Gasteiger partial charge in [-0.25, -0.2) is 4.79 Å². The molecule has 1 saturated heterocycles. The van der Waals surface area contributed by atoms with Gasteiger partial charge in [-0.05, 0) is 50.3 Å². The first-order valence-electron chi connectivity index (χ1n) is 7.81. The molecule has 0 spiro atoms. The molecule has 0 bridgehead atoms. The van der Waals surface area contributed by atoms with E-state index in [1.165, 1.54) is 4.90 Å². The molecule has 1 aromatic carbocycles. The number of carbonyl (C=O) groups is 1. The first-order valence-corrected chi connectivity index (χ1v) is 7.81. The van der Waals surface area contributed by atoms with Crippen LogP contribution in [0.15, 0.2) is 24.3 Å². The van der Waals surface area contributed by atoms with Gasteiger partial charge in [0.25, 0.3) is 0 Å². The Morgan fingerprint density at radius 1 is 1.41 bits per heavy atom. The molecule has 1 aromatic rings. The van der Waals surface area contributed by atoms with E-state index >= 15 is 0 Å². The Morgan fingerprint density at radius 3 is 2.95 bits per heavy atom. The van der Waals surface area contributed by atoms with Crippen LogP contribution in [0.25, 0.3) is 0 Å². The van der Waals surface area contributed by atoms with Gasteiger partial charge in [0, 0.05) is 24.1 Å². The third-order valence-corrected chi connectivity index (χ3v) is 4.90. The quantitative estimate of drug-likeness (QED) is 0.724. The van der Waals surface area contributed by atoms with E-state index < -0.39 is 11.7 Å². The molecular weight excluding hydrogens is 278 g/mol. The lowest BCUT2D eigenvalue weighted by Crippen LogP contribution is -2.49. The van der Waals surface area contributed by atoms with Gasteiger partial charge in [-0.3, -0.25) is 0 Å². The molecular formula is C18H21NO3. The van der Waals surface area contributed by atoms with Gasteiger partial charge >= 0.3 is 6.09 Å². The number of carboxylic acid groups (broad SMARTS) is 1. The molecule has 0 radical (unpaired) electrons. The van der Waals surface area contributed by atoms with Crippen molar-refractivity contribution in [1.29, 1.82) is 0 Å². The Morgan fingerprint density at radius 2 is 2.23 bits per heavy atom. The zero-order valence-electron chi connectivity index (χ0n) is 12.7. The number of fused-ring (bicyclic) bond motifs is 1. The molecule has 2 fully saturated rings. The zero-order chi connectivity index (χ0) is 15.7. The summed E-state index contributed by atoms with van der Waals surface area (Å²) in [6.07, 6.45) is 2.06. The van der Waals surface area contributed by atoms with Gasteiger partial charge in [-0.15, -0.1) is 0 Å². The fourth-order valence-corrected chi connectivity index (χ4v) is 3.83. The highest BCUT2D eigenvalue weighted by Gasteiger charge is 2.50. The Labute approximate surface area is 130 Å². The average Bonchev–Trinajstić information content (AvgIpc) is 2.91. The molecule has 116 valence electrons. The summed E-state index contributed by atoms with van der Waals surface area (Å²) in [4.78, 5) is 12.8. The predicted molar refractivity (Wildman–Crippen MR) is 83.5 cm³/mol. The largest absolute Gasteiger partial charge is 0.465 e. The fourth-order valence-electron chi connectivity index (χ4n) is 3.83. The zero-order valence-corrected chi connectivity index (χ0v) is 12.7. The number of hydrogen-bond acceptors (Lipinski definition) is 2. The third kappa shape index (κ3) is 2.69. The molecule has 3 rings (SSSR count). The number of nitrogens with zero attached hydrogens (tertiary/aromatic N) is 1. The lowest BCUT2D eigenvalue weighted by molar-refractivity contribution is -0.0125. The Balaban J connectivity index is 1.85. The van der Waals surface area contributed by atoms with Crippen molar-refractivity contribution in [3.8, 4) is 11.8 Å². The standard InChI is InChI=1S/C18H21NO3/c1-13-4-2-5-14(12-13)7-10-18(22)9-3-6-16-15(18)8-11-19(16)17(20)21/h2,4-5,12,15-16,22H,3,6,8-9,11H2,1H3,(H,20,21)/t15-,16-,18+/m0/s1. The normalized spacial score (nSPS) is 30.4. The molecule has 0 aromatic heterocycles. The van der Waals surface area contributed by atoms with Crippen LogP contribution >= 0.6 is 0 Å². The SMILES string of the molecule is Cc1cccc(C#C[C@]2(O)CCC[C@H]3[C@@H]2CCN3C(=O)O)c1. The third-order valence-electron chi connectivity index (χ3n) is 4.90. The number of aliphatic hydroxyl groups is 1. The maximum atomic E-state index is 11.3. The number of benzene rings is 1. The Hall–Kier alpha value is -1.99. The molecule has 3 atom stereocenters.